The van der Waals surface area contributed by atoms with E-state index in [1.165, 1.54) is 89.9 Å². The molecule has 0 spiro atoms. The number of aliphatic hydroxyl groups excluding tert-OH is 3. The van der Waals surface area contributed by atoms with Crippen molar-refractivity contribution < 1.29 is 24.8 Å². The van der Waals surface area contributed by atoms with Gasteiger partial charge in [-0.25, -0.2) is 0 Å². The van der Waals surface area contributed by atoms with Gasteiger partial charge in [0.1, 0.15) is 24.4 Å². The second-order valence-electron chi connectivity index (χ2n) is 9.09. The van der Waals surface area contributed by atoms with Crippen molar-refractivity contribution in [3.63, 3.8) is 0 Å². The van der Waals surface area contributed by atoms with Crippen molar-refractivity contribution in [3.8, 4) is 0 Å². The number of ether oxygens (including phenoxy) is 2. The lowest BCUT2D eigenvalue weighted by Gasteiger charge is -2.20. The summed E-state index contributed by atoms with van der Waals surface area (Å²) in [5.74, 6) is 0. The number of aliphatic hydroxyl groups is 3. The molecule has 4 atom stereocenters. The summed E-state index contributed by atoms with van der Waals surface area (Å²) in [7, 11) is 0. The molecule has 0 aromatic carbocycles. The van der Waals surface area contributed by atoms with Crippen molar-refractivity contribution in [2.24, 2.45) is 0 Å². The van der Waals surface area contributed by atoms with Gasteiger partial charge in [0.15, 0.2) is 0 Å². The van der Waals surface area contributed by atoms with Gasteiger partial charge in [-0.05, 0) is 25.7 Å². The van der Waals surface area contributed by atoms with Gasteiger partial charge in [-0.1, -0.05) is 96.1 Å². The summed E-state index contributed by atoms with van der Waals surface area (Å²) in [6.07, 6.45) is 22.5. The Morgan fingerprint density at radius 3 is 1.90 bits per heavy atom. The van der Waals surface area contributed by atoms with Crippen LogP contribution in [0.4, 0.5) is 0 Å². The summed E-state index contributed by atoms with van der Waals surface area (Å²) < 4.78 is 11.0. The van der Waals surface area contributed by atoms with Crippen molar-refractivity contribution >= 4 is 0 Å². The van der Waals surface area contributed by atoms with Crippen LogP contribution in [0.5, 0.6) is 0 Å². The lowest BCUT2D eigenvalue weighted by atomic mass is 10.0. The summed E-state index contributed by atoms with van der Waals surface area (Å²) >= 11 is 0. The normalized spacial score (nSPS) is 22.5. The molecule has 1 aliphatic heterocycles. The molecule has 0 aromatic rings. The Labute approximate surface area is 191 Å². The third-order valence-electron chi connectivity index (χ3n) is 6.22. The molecule has 0 bridgehead atoms. The van der Waals surface area contributed by atoms with Gasteiger partial charge in [-0.3, -0.25) is 0 Å². The zero-order valence-electron chi connectivity index (χ0n) is 20.1. The predicted octanol–water partition coefficient (Wildman–Crippen LogP) is 5.30. The standard InChI is InChI=1S/C26H50O5/c1-2-3-4-5-6-7-8-9-10-11-12-13-14-15-16-17-18-19-20-30-24-22-31-26(25(24)29)23(28)21-27/h5-6,23-29H,2-4,7-22H2,1H3/b6-5+/t23-,24+,25+,26+/m1/s1. The highest BCUT2D eigenvalue weighted by Gasteiger charge is 2.40. The first-order valence-corrected chi connectivity index (χ1v) is 13.1. The first kappa shape index (κ1) is 28.6. The molecular formula is C26H50O5. The summed E-state index contributed by atoms with van der Waals surface area (Å²) in [6, 6.07) is 0. The van der Waals surface area contributed by atoms with Crippen LogP contribution >= 0.6 is 0 Å². The van der Waals surface area contributed by atoms with E-state index in [0.29, 0.717) is 6.61 Å². The fraction of sp³-hybridized carbons (Fsp3) is 0.923. The van der Waals surface area contributed by atoms with Gasteiger partial charge in [0.25, 0.3) is 0 Å². The van der Waals surface area contributed by atoms with Gasteiger partial charge in [-0.2, -0.15) is 0 Å². The van der Waals surface area contributed by atoms with E-state index in [1.54, 1.807) is 0 Å². The molecule has 5 heteroatoms. The van der Waals surface area contributed by atoms with Gasteiger partial charge in [0.05, 0.1) is 13.2 Å². The Bertz CT molecular complexity index is 415. The van der Waals surface area contributed by atoms with Crippen molar-refractivity contribution in [1.82, 2.24) is 0 Å². The number of allylic oxidation sites excluding steroid dienone is 2. The SMILES string of the molecule is CCCC/C=C/CCCCCCCCCCCCCCO[C@H]1CO[C@@H]([C@H](O)CO)[C@H]1O. The van der Waals surface area contributed by atoms with Crippen LogP contribution in [0.25, 0.3) is 0 Å². The molecule has 5 nitrogen and oxygen atoms in total. The molecule has 0 amide bonds. The van der Waals surface area contributed by atoms with E-state index in [0.717, 1.165) is 12.8 Å². The van der Waals surface area contributed by atoms with Crippen molar-refractivity contribution in [3.05, 3.63) is 12.2 Å². The minimum absolute atomic E-state index is 0.277. The molecule has 0 radical (unpaired) electrons. The van der Waals surface area contributed by atoms with E-state index in [4.69, 9.17) is 14.6 Å². The van der Waals surface area contributed by atoms with Crippen LogP contribution < -0.4 is 0 Å². The topological polar surface area (TPSA) is 79.2 Å². The zero-order valence-corrected chi connectivity index (χ0v) is 20.1. The van der Waals surface area contributed by atoms with Crippen LogP contribution in [0.1, 0.15) is 110 Å². The van der Waals surface area contributed by atoms with E-state index in [-0.39, 0.29) is 6.61 Å². The third kappa shape index (κ3) is 14.3. The second kappa shape index (κ2) is 20.2. The molecule has 184 valence electrons. The summed E-state index contributed by atoms with van der Waals surface area (Å²) in [5, 5.41) is 28.6. The Balaban J connectivity index is 1.78. The molecule has 1 rings (SSSR count). The monoisotopic (exact) mass is 442 g/mol. The minimum atomic E-state index is -1.05. The molecule has 31 heavy (non-hydrogen) atoms. The number of unbranched alkanes of at least 4 members (excludes halogenated alkanes) is 14. The van der Waals surface area contributed by atoms with E-state index >= 15 is 0 Å². The average molecular weight is 443 g/mol. The fourth-order valence-electron chi connectivity index (χ4n) is 4.13. The third-order valence-corrected chi connectivity index (χ3v) is 6.22. The van der Waals surface area contributed by atoms with E-state index in [2.05, 4.69) is 19.1 Å². The van der Waals surface area contributed by atoms with Crippen LogP contribution in [0.3, 0.4) is 0 Å². The number of rotatable bonds is 21. The molecule has 0 aromatic heterocycles. The van der Waals surface area contributed by atoms with Crippen LogP contribution in [-0.4, -0.2) is 59.6 Å². The Morgan fingerprint density at radius 1 is 0.839 bits per heavy atom. The minimum Gasteiger partial charge on any atom is -0.394 e. The summed E-state index contributed by atoms with van der Waals surface area (Å²) in [5.41, 5.74) is 0. The predicted molar refractivity (Wildman–Crippen MR) is 127 cm³/mol. The van der Waals surface area contributed by atoms with Gasteiger partial charge in [0.2, 0.25) is 0 Å². The van der Waals surface area contributed by atoms with Gasteiger partial charge in [-0.15, -0.1) is 0 Å². The lowest BCUT2D eigenvalue weighted by Crippen LogP contribution is -2.41. The van der Waals surface area contributed by atoms with Gasteiger partial charge < -0.3 is 24.8 Å². The number of hydrogen-bond donors (Lipinski definition) is 3. The summed E-state index contributed by atoms with van der Waals surface area (Å²) in [6.45, 7) is 2.72. The molecule has 1 heterocycles. The molecule has 1 saturated heterocycles. The molecule has 0 aliphatic carbocycles. The first-order chi connectivity index (χ1) is 15.2. The molecule has 1 fully saturated rings. The van der Waals surface area contributed by atoms with Crippen molar-refractivity contribution in [2.75, 3.05) is 19.8 Å². The van der Waals surface area contributed by atoms with Crippen molar-refractivity contribution in [2.45, 2.75) is 134 Å². The molecule has 1 aliphatic rings. The fourth-order valence-corrected chi connectivity index (χ4v) is 4.13. The Hall–Kier alpha value is -0.460. The van der Waals surface area contributed by atoms with Crippen LogP contribution in [-0.2, 0) is 9.47 Å². The van der Waals surface area contributed by atoms with Gasteiger partial charge >= 0.3 is 0 Å². The largest absolute Gasteiger partial charge is 0.394 e. The number of hydrogen-bond acceptors (Lipinski definition) is 5. The van der Waals surface area contributed by atoms with Crippen LogP contribution in [0.15, 0.2) is 12.2 Å². The maximum Gasteiger partial charge on any atom is 0.114 e. The Morgan fingerprint density at radius 2 is 1.35 bits per heavy atom. The van der Waals surface area contributed by atoms with Crippen LogP contribution in [0, 0.1) is 0 Å². The Kier molecular flexibility index (Phi) is 18.6. The molecule has 3 N–H and O–H groups in total. The zero-order chi connectivity index (χ0) is 22.6. The first-order valence-electron chi connectivity index (χ1n) is 13.1. The summed E-state index contributed by atoms with van der Waals surface area (Å²) in [4.78, 5) is 0. The van der Waals surface area contributed by atoms with E-state index in [9.17, 15) is 10.2 Å². The van der Waals surface area contributed by atoms with Crippen molar-refractivity contribution in [1.29, 1.82) is 0 Å². The van der Waals surface area contributed by atoms with Crippen LogP contribution in [0.2, 0.25) is 0 Å². The van der Waals surface area contributed by atoms with E-state index < -0.39 is 31.0 Å². The maximum atomic E-state index is 10.1. The quantitative estimate of drug-likeness (QED) is 0.166. The lowest BCUT2D eigenvalue weighted by molar-refractivity contribution is -0.0730. The molecule has 0 unspecified atom stereocenters. The van der Waals surface area contributed by atoms with E-state index in [1.807, 2.05) is 0 Å². The highest BCUT2D eigenvalue weighted by atomic mass is 16.6. The maximum absolute atomic E-state index is 10.1. The molecule has 0 saturated carbocycles. The highest BCUT2D eigenvalue weighted by molar-refractivity contribution is 4.88. The highest BCUT2D eigenvalue weighted by Crippen LogP contribution is 2.20. The average Bonchev–Trinajstić information content (AvgIpc) is 3.15. The van der Waals surface area contributed by atoms with Gasteiger partial charge in [0, 0.05) is 6.61 Å². The smallest absolute Gasteiger partial charge is 0.114 e. The second-order valence-corrected chi connectivity index (χ2v) is 9.09. The molecular weight excluding hydrogens is 392 g/mol.